The van der Waals surface area contributed by atoms with Crippen LogP contribution < -0.4 is 4.74 Å². The summed E-state index contributed by atoms with van der Waals surface area (Å²) in [6.07, 6.45) is -4.61. The Kier molecular flexibility index (Phi) is 11.0. The van der Waals surface area contributed by atoms with E-state index < -0.39 is 29.6 Å². The molecule has 0 spiro atoms. The van der Waals surface area contributed by atoms with E-state index in [1.54, 1.807) is 29.2 Å². The predicted octanol–water partition coefficient (Wildman–Crippen LogP) is 7.98. The molecule has 6 nitrogen and oxygen atoms in total. The lowest BCUT2D eigenvalue weighted by molar-refractivity contribution is -0.145. The van der Waals surface area contributed by atoms with Gasteiger partial charge < -0.3 is 14.4 Å². The summed E-state index contributed by atoms with van der Waals surface area (Å²) in [5, 5.41) is 0.0690. The predicted molar refractivity (Wildman–Crippen MR) is 165 cm³/mol. The van der Waals surface area contributed by atoms with Gasteiger partial charge in [-0.25, -0.2) is 4.79 Å². The number of carbonyl (C=O) groups excluding carboxylic acids is 3. The lowest BCUT2D eigenvalue weighted by Gasteiger charge is -2.25. The van der Waals surface area contributed by atoms with E-state index in [1.807, 2.05) is 44.2 Å². The highest BCUT2D eigenvalue weighted by Crippen LogP contribution is 2.33. The number of hydrogen-bond acceptors (Lipinski definition) is 5. The molecule has 234 valence electrons. The summed E-state index contributed by atoms with van der Waals surface area (Å²) in [5.41, 5.74) is 1.38. The number of likely N-dealkylation sites (N-methyl/N-ethyl adjacent to an activating group) is 1. The molecule has 0 saturated heterocycles. The highest BCUT2D eigenvalue weighted by molar-refractivity contribution is 6.32. The second-order valence-corrected chi connectivity index (χ2v) is 10.5. The molecule has 0 aliphatic heterocycles. The van der Waals surface area contributed by atoms with Crippen molar-refractivity contribution in [2.75, 3.05) is 19.7 Å². The summed E-state index contributed by atoms with van der Waals surface area (Å²) in [6, 6.07) is 24.5. The second-order valence-electron chi connectivity index (χ2n) is 10.1. The van der Waals surface area contributed by atoms with Crippen LogP contribution in [0.3, 0.4) is 0 Å². The van der Waals surface area contributed by atoms with Gasteiger partial charge in [-0.3, -0.25) is 9.59 Å². The van der Waals surface area contributed by atoms with Crippen LogP contribution in [-0.4, -0.2) is 42.4 Å². The number of halogens is 4. The van der Waals surface area contributed by atoms with Crippen molar-refractivity contribution in [3.63, 3.8) is 0 Å². The maximum atomic E-state index is 13.1. The molecule has 0 radical (unpaired) electrons. The van der Waals surface area contributed by atoms with E-state index in [9.17, 15) is 27.6 Å². The maximum Gasteiger partial charge on any atom is 0.416 e. The van der Waals surface area contributed by atoms with Gasteiger partial charge in [0, 0.05) is 13.1 Å². The topological polar surface area (TPSA) is 72.9 Å². The van der Waals surface area contributed by atoms with E-state index in [4.69, 9.17) is 21.1 Å². The summed E-state index contributed by atoms with van der Waals surface area (Å²) in [4.78, 5) is 40.7. The van der Waals surface area contributed by atoms with E-state index in [2.05, 4.69) is 0 Å². The van der Waals surface area contributed by atoms with Crippen LogP contribution >= 0.6 is 11.6 Å². The van der Waals surface area contributed by atoms with Gasteiger partial charge in [0.25, 0.3) is 0 Å². The molecule has 4 rings (SSSR count). The van der Waals surface area contributed by atoms with Crippen molar-refractivity contribution in [2.45, 2.75) is 32.4 Å². The molecule has 45 heavy (non-hydrogen) atoms. The highest BCUT2D eigenvalue weighted by Gasteiger charge is 2.30. The van der Waals surface area contributed by atoms with Gasteiger partial charge in [0.1, 0.15) is 12.4 Å². The van der Waals surface area contributed by atoms with Crippen LogP contribution in [0.15, 0.2) is 97.1 Å². The molecule has 0 aliphatic rings. The van der Waals surface area contributed by atoms with Gasteiger partial charge in [-0.05, 0) is 66.4 Å². The molecule has 1 atom stereocenters. The summed E-state index contributed by atoms with van der Waals surface area (Å²) < 4.78 is 50.0. The van der Waals surface area contributed by atoms with Crippen molar-refractivity contribution in [3.05, 3.63) is 124 Å². The Balaban J connectivity index is 1.42. The number of rotatable bonds is 11. The third-order valence-corrected chi connectivity index (χ3v) is 7.50. The van der Waals surface area contributed by atoms with Crippen molar-refractivity contribution in [1.29, 1.82) is 0 Å². The molecule has 0 aromatic heterocycles. The van der Waals surface area contributed by atoms with Gasteiger partial charge in [0.2, 0.25) is 5.91 Å². The van der Waals surface area contributed by atoms with Gasteiger partial charge >= 0.3 is 18.1 Å². The van der Waals surface area contributed by atoms with Crippen LogP contribution in [-0.2, 0) is 26.9 Å². The lowest BCUT2D eigenvalue weighted by Crippen LogP contribution is -2.37. The highest BCUT2D eigenvalue weighted by atomic mass is 35.5. The minimum absolute atomic E-state index is 0.0370. The molecular formula is C35H31ClF3NO5. The van der Waals surface area contributed by atoms with E-state index >= 15 is 0 Å². The van der Waals surface area contributed by atoms with E-state index in [0.717, 1.165) is 17.7 Å². The zero-order valence-corrected chi connectivity index (χ0v) is 25.4. The third kappa shape index (κ3) is 8.51. The van der Waals surface area contributed by atoms with Crippen molar-refractivity contribution >= 4 is 29.4 Å². The van der Waals surface area contributed by atoms with Crippen molar-refractivity contribution in [1.82, 2.24) is 4.90 Å². The van der Waals surface area contributed by atoms with Gasteiger partial charge in [0.05, 0.1) is 28.5 Å². The van der Waals surface area contributed by atoms with Crippen LogP contribution in [0.4, 0.5) is 13.2 Å². The second kappa shape index (κ2) is 14.9. The standard InChI is InChI=1S/C35H31ClF3NO5/c1-3-40(4-2)33(42)29(24-10-6-5-7-11-24)22-44-32(41)21-23-14-19-31(30(36)20-23)45-34(43)28-13-9-8-12-27(28)25-15-17-26(18-16-25)35(37,38)39/h5-20,29H,3-4,21-22H2,1-2H3. The molecule has 0 aliphatic carbocycles. The Hall–Kier alpha value is -4.63. The van der Waals surface area contributed by atoms with E-state index in [1.165, 1.54) is 30.3 Å². The fourth-order valence-corrected chi connectivity index (χ4v) is 5.03. The molecule has 4 aromatic rings. The lowest BCUT2D eigenvalue weighted by atomic mass is 9.98. The molecular weight excluding hydrogens is 607 g/mol. The van der Waals surface area contributed by atoms with Gasteiger partial charge in [0.15, 0.2) is 0 Å². The van der Waals surface area contributed by atoms with Gasteiger partial charge in [-0.2, -0.15) is 13.2 Å². The average molecular weight is 638 g/mol. The van der Waals surface area contributed by atoms with Gasteiger partial charge in [-0.1, -0.05) is 78.3 Å². The number of nitrogens with zero attached hydrogens (tertiary/aromatic N) is 1. The summed E-state index contributed by atoms with van der Waals surface area (Å²) >= 11 is 6.39. The Bertz CT molecular complexity index is 1640. The third-order valence-electron chi connectivity index (χ3n) is 7.20. The Labute approximate surface area is 264 Å². The summed E-state index contributed by atoms with van der Waals surface area (Å²) in [5.74, 6) is -2.06. The monoisotopic (exact) mass is 637 g/mol. The molecule has 1 unspecified atom stereocenters. The number of alkyl halides is 3. The SMILES string of the molecule is CCN(CC)C(=O)C(COC(=O)Cc1ccc(OC(=O)c2ccccc2-c2ccc(C(F)(F)F)cc2)c(Cl)c1)c1ccccc1. The smallest absolute Gasteiger partial charge is 0.416 e. The van der Waals surface area contributed by atoms with Crippen molar-refractivity contribution in [3.8, 4) is 16.9 Å². The molecule has 4 aromatic carbocycles. The molecule has 0 N–H and O–H groups in total. The normalized spacial score (nSPS) is 11.9. The largest absolute Gasteiger partial charge is 0.464 e. The number of hydrogen-bond donors (Lipinski definition) is 0. The average Bonchev–Trinajstić information content (AvgIpc) is 3.03. The molecule has 0 heterocycles. The van der Waals surface area contributed by atoms with Crippen LogP contribution in [0.1, 0.15) is 46.8 Å². The summed E-state index contributed by atoms with van der Waals surface area (Å²) in [6.45, 7) is 4.71. The fourth-order valence-electron chi connectivity index (χ4n) is 4.79. The number of carbonyl (C=O) groups is 3. The van der Waals surface area contributed by atoms with Crippen LogP contribution in [0.5, 0.6) is 5.75 Å². The maximum absolute atomic E-state index is 13.1. The number of ether oxygens (including phenoxy) is 2. The Morgan fingerprint density at radius 1 is 0.844 bits per heavy atom. The molecule has 0 fully saturated rings. The zero-order chi connectivity index (χ0) is 32.6. The van der Waals surface area contributed by atoms with Crippen molar-refractivity contribution in [2.24, 2.45) is 0 Å². The van der Waals surface area contributed by atoms with Crippen LogP contribution in [0.25, 0.3) is 11.1 Å². The van der Waals surface area contributed by atoms with E-state index in [0.29, 0.717) is 29.8 Å². The van der Waals surface area contributed by atoms with Gasteiger partial charge in [-0.15, -0.1) is 0 Å². The first-order valence-electron chi connectivity index (χ1n) is 14.3. The first-order valence-corrected chi connectivity index (χ1v) is 14.7. The van der Waals surface area contributed by atoms with E-state index in [-0.39, 0.29) is 35.3 Å². The quantitative estimate of drug-likeness (QED) is 0.123. The number of amides is 1. The van der Waals surface area contributed by atoms with Crippen molar-refractivity contribution < 1.29 is 37.0 Å². The van der Waals surface area contributed by atoms with Crippen LogP contribution in [0.2, 0.25) is 5.02 Å². The fraction of sp³-hybridized carbons (Fsp3) is 0.229. The number of esters is 2. The zero-order valence-electron chi connectivity index (χ0n) is 24.6. The molecule has 10 heteroatoms. The number of benzene rings is 4. The molecule has 1 amide bonds. The minimum Gasteiger partial charge on any atom is -0.464 e. The molecule has 0 bridgehead atoms. The summed E-state index contributed by atoms with van der Waals surface area (Å²) in [7, 11) is 0. The minimum atomic E-state index is -4.48. The first-order chi connectivity index (χ1) is 21.5. The first kappa shape index (κ1) is 33.3. The Morgan fingerprint density at radius 3 is 2.11 bits per heavy atom. The van der Waals surface area contributed by atoms with Crippen LogP contribution in [0, 0.1) is 0 Å². The molecule has 0 saturated carbocycles. The Morgan fingerprint density at radius 2 is 1.49 bits per heavy atom.